The van der Waals surface area contributed by atoms with Crippen LogP contribution in [-0.2, 0) is 4.79 Å². The highest BCUT2D eigenvalue weighted by atomic mass is 19.2. The van der Waals surface area contributed by atoms with Gasteiger partial charge < -0.3 is 10.1 Å². The molecule has 0 saturated carbocycles. The smallest absolute Gasteiger partial charge is 0.325 e. The maximum atomic E-state index is 13.0. The summed E-state index contributed by atoms with van der Waals surface area (Å²) in [5.41, 5.74) is 0. The van der Waals surface area contributed by atoms with Crippen molar-refractivity contribution < 1.29 is 31.5 Å². The Morgan fingerprint density at radius 2 is 1.41 bits per heavy atom. The molecule has 0 aliphatic carbocycles. The highest BCUT2D eigenvalue weighted by molar-refractivity contribution is 5.74. The minimum absolute atomic E-state index is 0.445. The Morgan fingerprint density at radius 1 is 1.00 bits per heavy atom. The van der Waals surface area contributed by atoms with Gasteiger partial charge in [0.2, 0.25) is 34.8 Å². The minimum Gasteiger partial charge on any atom is -0.419 e. The molecule has 0 aliphatic rings. The van der Waals surface area contributed by atoms with Crippen molar-refractivity contribution in [2.45, 2.75) is 0 Å². The molecular formula is C9H6F5NO2. The van der Waals surface area contributed by atoms with Crippen LogP contribution in [0.15, 0.2) is 0 Å². The van der Waals surface area contributed by atoms with Crippen LogP contribution in [0.2, 0.25) is 0 Å². The first-order valence-electron chi connectivity index (χ1n) is 4.26. The quantitative estimate of drug-likeness (QED) is 0.292. The second-order valence-electron chi connectivity index (χ2n) is 2.90. The van der Waals surface area contributed by atoms with Crippen LogP contribution >= 0.6 is 0 Å². The van der Waals surface area contributed by atoms with E-state index in [9.17, 15) is 26.7 Å². The summed E-state index contributed by atoms with van der Waals surface area (Å²) in [5.74, 6) is -13.8. The molecule has 0 saturated heterocycles. The first-order chi connectivity index (χ1) is 7.90. The molecule has 0 unspecified atom stereocenters. The van der Waals surface area contributed by atoms with E-state index in [1.807, 2.05) is 0 Å². The van der Waals surface area contributed by atoms with Gasteiger partial charge in [-0.05, 0) is 7.05 Å². The van der Waals surface area contributed by atoms with Gasteiger partial charge in [-0.25, -0.2) is 13.2 Å². The summed E-state index contributed by atoms with van der Waals surface area (Å²) >= 11 is 0. The number of hydrogen-bond donors (Lipinski definition) is 1. The fourth-order valence-electron chi connectivity index (χ4n) is 0.969. The van der Waals surface area contributed by atoms with Gasteiger partial charge in [-0.1, -0.05) is 0 Å². The van der Waals surface area contributed by atoms with E-state index in [4.69, 9.17) is 0 Å². The van der Waals surface area contributed by atoms with Crippen molar-refractivity contribution in [3.05, 3.63) is 29.1 Å². The zero-order valence-electron chi connectivity index (χ0n) is 8.41. The maximum Gasteiger partial charge on any atom is 0.325 e. The molecule has 8 heteroatoms. The topological polar surface area (TPSA) is 38.3 Å². The molecule has 0 bridgehead atoms. The molecule has 0 heterocycles. The Morgan fingerprint density at radius 3 is 1.82 bits per heavy atom. The number of rotatable bonds is 3. The summed E-state index contributed by atoms with van der Waals surface area (Å²) in [4.78, 5) is 10.9. The van der Waals surface area contributed by atoms with Gasteiger partial charge in [0, 0.05) is 0 Å². The van der Waals surface area contributed by atoms with E-state index in [0.717, 1.165) is 0 Å². The Balaban J connectivity index is 3.20. The molecule has 0 aromatic heterocycles. The zero-order valence-corrected chi connectivity index (χ0v) is 8.41. The summed E-state index contributed by atoms with van der Waals surface area (Å²) in [7, 11) is 1.33. The van der Waals surface area contributed by atoms with Crippen LogP contribution in [0, 0.1) is 29.1 Å². The van der Waals surface area contributed by atoms with Crippen LogP contribution in [0.25, 0.3) is 0 Å². The summed E-state index contributed by atoms with van der Waals surface area (Å²) in [6, 6.07) is 0. The average molecular weight is 255 g/mol. The second-order valence-corrected chi connectivity index (χ2v) is 2.90. The normalized spacial score (nSPS) is 10.5. The standard InChI is InChI=1S/C9H6F5NO2/c1-15-2-3(16)17-9-7(13)5(11)4(10)6(12)8(9)14/h15H,2H2,1H3. The zero-order chi connectivity index (χ0) is 13.2. The summed E-state index contributed by atoms with van der Waals surface area (Å²) < 4.78 is 67.9. The van der Waals surface area contributed by atoms with Crippen LogP contribution < -0.4 is 10.1 Å². The minimum atomic E-state index is -2.31. The van der Waals surface area contributed by atoms with Gasteiger partial charge >= 0.3 is 5.97 Å². The van der Waals surface area contributed by atoms with Gasteiger partial charge in [0.05, 0.1) is 6.54 Å². The Bertz CT molecular complexity index is 434. The van der Waals surface area contributed by atoms with Gasteiger partial charge in [-0.3, -0.25) is 4.79 Å². The number of nitrogens with one attached hydrogen (secondary N) is 1. The van der Waals surface area contributed by atoms with Gasteiger partial charge in [0.25, 0.3) is 0 Å². The molecule has 0 atom stereocenters. The second kappa shape index (κ2) is 5.09. The van der Waals surface area contributed by atoms with Crippen LogP contribution in [0.4, 0.5) is 22.0 Å². The number of hydrogen-bond acceptors (Lipinski definition) is 3. The van der Waals surface area contributed by atoms with Crippen molar-refractivity contribution in [1.29, 1.82) is 0 Å². The first-order valence-corrected chi connectivity index (χ1v) is 4.26. The molecule has 0 amide bonds. The maximum absolute atomic E-state index is 13.0. The Labute approximate surface area is 92.2 Å². The summed E-state index contributed by atoms with van der Waals surface area (Å²) in [6.45, 7) is -0.445. The first kappa shape index (κ1) is 13.4. The lowest BCUT2D eigenvalue weighted by atomic mass is 10.2. The molecule has 0 fully saturated rings. The third-order valence-corrected chi connectivity index (χ3v) is 1.71. The average Bonchev–Trinajstić information content (AvgIpc) is 2.30. The van der Waals surface area contributed by atoms with Crippen LogP contribution in [-0.4, -0.2) is 19.6 Å². The highest BCUT2D eigenvalue weighted by Crippen LogP contribution is 2.28. The van der Waals surface area contributed by atoms with Crippen molar-refractivity contribution in [1.82, 2.24) is 5.32 Å². The number of benzene rings is 1. The van der Waals surface area contributed by atoms with Gasteiger partial charge in [0.15, 0.2) is 0 Å². The fraction of sp³-hybridized carbons (Fsp3) is 0.222. The number of esters is 1. The van der Waals surface area contributed by atoms with Gasteiger partial charge in [0.1, 0.15) is 0 Å². The number of halogens is 5. The molecule has 1 aromatic carbocycles. The van der Waals surface area contributed by atoms with E-state index in [1.165, 1.54) is 7.05 Å². The lowest BCUT2D eigenvalue weighted by molar-refractivity contribution is -0.133. The van der Waals surface area contributed by atoms with Crippen molar-refractivity contribution in [2.24, 2.45) is 0 Å². The summed E-state index contributed by atoms with van der Waals surface area (Å²) in [6.07, 6.45) is 0. The predicted octanol–water partition coefficient (Wildman–Crippen LogP) is 1.51. The van der Waals surface area contributed by atoms with E-state index in [-0.39, 0.29) is 0 Å². The molecule has 3 nitrogen and oxygen atoms in total. The molecule has 1 rings (SSSR count). The lowest BCUT2D eigenvalue weighted by Crippen LogP contribution is -2.24. The largest absolute Gasteiger partial charge is 0.419 e. The number of likely N-dealkylation sites (N-methyl/N-ethyl adjacent to an activating group) is 1. The lowest BCUT2D eigenvalue weighted by Gasteiger charge is -2.08. The number of ether oxygens (including phenoxy) is 1. The van der Waals surface area contributed by atoms with Crippen molar-refractivity contribution in [3.8, 4) is 5.75 Å². The molecule has 0 aliphatic heterocycles. The monoisotopic (exact) mass is 255 g/mol. The van der Waals surface area contributed by atoms with Crippen LogP contribution in [0.1, 0.15) is 0 Å². The molecule has 17 heavy (non-hydrogen) atoms. The van der Waals surface area contributed by atoms with E-state index in [1.54, 1.807) is 0 Å². The van der Waals surface area contributed by atoms with Crippen LogP contribution in [0.3, 0.4) is 0 Å². The molecule has 1 aromatic rings. The predicted molar refractivity (Wildman–Crippen MR) is 45.8 cm³/mol. The molecular weight excluding hydrogens is 249 g/mol. The third-order valence-electron chi connectivity index (χ3n) is 1.71. The van der Waals surface area contributed by atoms with Gasteiger partial charge in [-0.15, -0.1) is 0 Å². The van der Waals surface area contributed by atoms with E-state index < -0.39 is 47.3 Å². The third kappa shape index (κ3) is 2.52. The molecule has 0 spiro atoms. The van der Waals surface area contributed by atoms with Crippen LogP contribution in [0.5, 0.6) is 5.75 Å². The molecule has 1 N–H and O–H groups in total. The van der Waals surface area contributed by atoms with E-state index in [2.05, 4.69) is 10.1 Å². The number of carbonyl (C=O) groups is 1. The van der Waals surface area contributed by atoms with Crippen molar-refractivity contribution in [3.63, 3.8) is 0 Å². The highest BCUT2D eigenvalue weighted by Gasteiger charge is 2.28. The van der Waals surface area contributed by atoms with E-state index >= 15 is 0 Å². The van der Waals surface area contributed by atoms with Crippen molar-refractivity contribution in [2.75, 3.05) is 13.6 Å². The number of carbonyl (C=O) groups excluding carboxylic acids is 1. The molecule has 94 valence electrons. The Hall–Kier alpha value is -1.70. The fourth-order valence-corrected chi connectivity index (χ4v) is 0.969. The van der Waals surface area contributed by atoms with E-state index in [0.29, 0.717) is 0 Å². The molecule has 0 radical (unpaired) electrons. The van der Waals surface area contributed by atoms with Crippen molar-refractivity contribution >= 4 is 5.97 Å². The Kier molecular flexibility index (Phi) is 4.00. The summed E-state index contributed by atoms with van der Waals surface area (Å²) in [5, 5.41) is 2.29. The van der Waals surface area contributed by atoms with Gasteiger partial charge in [-0.2, -0.15) is 8.78 Å². The SMILES string of the molecule is CNCC(=O)Oc1c(F)c(F)c(F)c(F)c1F.